The minimum absolute atomic E-state index is 0.303. The summed E-state index contributed by atoms with van der Waals surface area (Å²) in [6.45, 7) is 2.29. The van der Waals surface area contributed by atoms with E-state index < -0.39 is 5.91 Å². The molecule has 0 radical (unpaired) electrons. The Labute approximate surface area is 139 Å². The van der Waals surface area contributed by atoms with Crippen LogP contribution in [0.4, 0.5) is 5.69 Å². The number of amides is 1. The van der Waals surface area contributed by atoms with Crippen molar-refractivity contribution in [1.82, 2.24) is 0 Å². The Kier molecular flexibility index (Phi) is 6.00. The normalized spacial score (nSPS) is 10.6. The first-order valence-corrected chi connectivity index (χ1v) is 7.32. The third-order valence-electron chi connectivity index (χ3n) is 3.15. The van der Waals surface area contributed by atoms with Crippen LogP contribution in [0.25, 0.3) is 0 Å². The summed E-state index contributed by atoms with van der Waals surface area (Å²) in [6, 6.07) is 12.8. The summed E-state index contributed by atoms with van der Waals surface area (Å²) < 4.78 is 5.15. The van der Waals surface area contributed by atoms with Crippen LogP contribution in [0.15, 0.2) is 47.6 Å². The van der Waals surface area contributed by atoms with E-state index in [1.54, 1.807) is 18.2 Å². The van der Waals surface area contributed by atoms with Gasteiger partial charge in [-0.1, -0.05) is 41.0 Å². The Morgan fingerprint density at radius 3 is 2.83 bits per heavy atom. The van der Waals surface area contributed by atoms with Gasteiger partial charge in [0.15, 0.2) is 0 Å². The second kappa shape index (κ2) is 8.19. The summed E-state index contributed by atoms with van der Waals surface area (Å²) in [7, 11) is 1.51. The van der Waals surface area contributed by atoms with E-state index in [0.717, 1.165) is 17.3 Å². The van der Waals surface area contributed by atoms with Gasteiger partial charge in [0.05, 0.1) is 12.8 Å². The molecule has 6 heteroatoms. The average molecular weight is 333 g/mol. The molecule has 120 valence electrons. The van der Waals surface area contributed by atoms with E-state index in [9.17, 15) is 4.79 Å². The molecule has 0 aromatic heterocycles. The van der Waals surface area contributed by atoms with Crippen LogP contribution in [-0.4, -0.2) is 19.2 Å². The third kappa shape index (κ3) is 5.00. The lowest BCUT2D eigenvalue weighted by Crippen LogP contribution is -2.13. The molecule has 0 saturated carbocycles. The fraction of sp³-hybridized carbons (Fsp3) is 0.176. The number of halogens is 1. The third-order valence-corrected chi connectivity index (χ3v) is 3.38. The lowest BCUT2D eigenvalue weighted by Gasteiger charge is -2.08. The van der Waals surface area contributed by atoms with Crippen LogP contribution in [0, 0.1) is 6.92 Å². The van der Waals surface area contributed by atoms with Crippen molar-refractivity contribution in [1.29, 1.82) is 0 Å². The number of methoxy groups -OCH3 is 1. The molecule has 23 heavy (non-hydrogen) atoms. The highest BCUT2D eigenvalue weighted by Gasteiger charge is 2.06. The molecule has 0 unspecified atom stereocenters. The van der Waals surface area contributed by atoms with E-state index in [4.69, 9.17) is 21.2 Å². The van der Waals surface area contributed by atoms with Crippen LogP contribution >= 0.6 is 11.6 Å². The number of hydrogen-bond donors (Lipinski definition) is 1. The minimum Gasteiger partial charge on any atom is -0.495 e. The molecule has 0 aliphatic carbocycles. The van der Waals surface area contributed by atoms with Crippen LogP contribution in [0.2, 0.25) is 5.02 Å². The van der Waals surface area contributed by atoms with Gasteiger partial charge in [-0.05, 0) is 36.2 Å². The Hall–Kier alpha value is -2.53. The van der Waals surface area contributed by atoms with Crippen LogP contribution in [0.5, 0.6) is 5.75 Å². The summed E-state index contributed by atoms with van der Waals surface area (Å²) in [4.78, 5) is 17.0. The van der Waals surface area contributed by atoms with Crippen molar-refractivity contribution < 1.29 is 14.4 Å². The summed E-state index contributed by atoms with van der Waals surface area (Å²) in [5.74, 6) is 0.0762. The maximum absolute atomic E-state index is 11.8. The zero-order valence-electron chi connectivity index (χ0n) is 12.9. The SMILES string of the molecule is COc1ccc(Cl)cc1NC(=O)/C=N\OCc1ccccc1C. The predicted octanol–water partition coefficient (Wildman–Crippen LogP) is 3.80. The number of nitrogens with zero attached hydrogens (tertiary/aromatic N) is 1. The number of benzene rings is 2. The number of hydrogen-bond acceptors (Lipinski definition) is 4. The Balaban J connectivity index is 1.90. The molecule has 0 heterocycles. The minimum atomic E-state index is -0.435. The summed E-state index contributed by atoms with van der Waals surface area (Å²) in [6.07, 6.45) is 1.07. The largest absolute Gasteiger partial charge is 0.495 e. The highest BCUT2D eigenvalue weighted by molar-refractivity contribution is 6.33. The lowest BCUT2D eigenvalue weighted by molar-refractivity contribution is -0.110. The molecule has 0 aliphatic heterocycles. The van der Waals surface area contributed by atoms with Gasteiger partial charge < -0.3 is 14.9 Å². The predicted molar refractivity (Wildman–Crippen MR) is 91.1 cm³/mol. The topological polar surface area (TPSA) is 59.9 Å². The molecule has 1 amide bonds. The summed E-state index contributed by atoms with van der Waals surface area (Å²) in [5, 5.41) is 6.80. The number of aryl methyl sites for hydroxylation is 1. The van der Waals surface area contributed by atoms with E-state index in [0.29, 0.717) is 23.1 Å². The first-order chi connectivity index (χ1) is 11.1. The van der Waals surface area contributed by atoms with Gasteiger partial charge in [0.25, 0.3) is 5.91 Å². The first kappa shape index (κ1) is 16.8. The van der Waals surface area contributed by atoms with E-state index in [2.05, 4.69) is 10.5 Å². The number of carbonyl (C=O) groups excluding carboxylic acids is 1. The average Bonchev–Trinajstić information content (AvgIpc) is 2.53. The molecule has 0 fully saturated rings. The molecule has 0 aliphatic rings. The van der Waals surface area contributed by atoms with Crippen LogP contribution in [0.1, 0.15) is 11.1 Å². The van der Waals surface area contributed by atoms with Crippen molar-refractivity contribution >= 4 is 29.4 Å². The second-order valence-corrected chi connectivity index (χ2v) is 5.20. The Morgan fingerprint density at radius 2 is 2.09 bits per heavy atom. The number of ether oxygens (including phenoxy) is 1. The highest BCUT2D eigenvalue weighted by atomic mass is 35.5. The van der Waals surface area contributed by atoms with Crippen molar-refractivity contribution in [2.24, 2.45) is 5.16 Å². The van der Waals surface area contributed by atoms with Gasteiger partial charge in [0.2, 0.25) is 0 Å². The molecule has 0 bridgehead atoms. The Morgan fingerprint density at radius 1 is 1.30 bits per heavy atom. The Bertz CT molecular complexity index is 717. The number of carbonyl (C=O) groups is 1. The molecule has 1 N–H and O–H groups in total. The summed E-state index contributed by atoms with van der Waals surface area (Å²) in [5.41, 5.74) is 2.59. The van der Waals surface area contributed by atoms with Crippen molar-refractivity contribution in [3.05, 3.63) is 58.6 Å². The number of oxime groups is 1. The maximum atomic E-state index is 11.8. The standard InChI is InChI=1S/C17H17ClN2O3/c1-12-5-3-4-6-13(12)11-23-19-10-17(21)20-15-9-14(18)7-8-16(15)22-2/h3-10H,11H2,1-2H3,(H,20,21)/b19-10-. The highest BCUT2D eigenvalue weighted by Crippen LogP contribution is 2.27. The molecule has 0 atom stereocenters. The van der Waals surface area contributed by atoms with Gasteiger partial charge in [0.1, 0.15) is 18.6 Å². The fourth-order valence-corrected chi connectivity index (χ4v) is 2.08. The molecule has 2 rings (SSSR count). The van der Waals surface area contributed by atoms with Crippen LogP contribution in [-0.2, 0) is 16.2 Å². The van der Waals surface area contributed by atoms with Crippen molar-refractivity contribution in [2.75, 3.05) is 12.4 Å². The molecule has 0 spiro atoms. The van der Waals surface area contributed by atoms with E-state index >= 15 is 0 Å². The first-order valence-electron chi connectivity index (χ1n) is 6.94. The van der Waals surface area contributed by atoms with Crippen LogP contribution in [0.3, 0.4) is 0 Å². The monoisotopic (exact) mass is 332 g/mol. The second-order valence-electron chi connectivity index (χ2n) is 4.77. The molecule has 5 nitrogen and oxygen atoms in total. The summed E-state index contributed by atoms with van der Waals surface area (Å²) >= 11 is 5.90. The van der Waals surface area contributed by atoms with E-state index in [-0.39, 0.29) is 0 Å². The van der Waals surface area contributed by atoms with Crippen molar-refractivity contribution in [2.45, 2.75) is 13.5 Å². The van der Waals surface area contributed by atoms with Gasteiger partial charge >= 0.3 is 0 Å². The van der Waals surface area contributed by atoms with Gasteiger partial charge in [0, 0.05) is 5.02 Å². The smallest absolute Gasteiger partial charge is 0.270 e. The zero-order chi connectivity index (χ0) is 16.7. The van der Waals surface area contributed by atoms with Gasteiger partial charge in [-0.25, -0.2) is 0 Å². The number of nitrogens with one attached hydrogen (secondary N) is 1. The molecular weight excluding hydrogens is 316 g/mol. The van der Waals surface area contributed by atoms with E-state index in [1.807, 2.05) is 31.2 Å². The molecular formula is C17H17ClN2O3. The maximum Gasteiger partial charge on any atom is 0.270 e. The van der Waals surface area contributed by atoms with Crippen LogP contribution < -0.4 is 10.1 Å². The molecule has 0 saturated heterocycles. The lowest BCUT2D eigenvalue weighted by atomic mass is 10.1. The van der Waals surface area contributed by atoms with Gasteiger partial charge in [-0.3, -0.25) is 4.79 Å². The number of rotatable bonds is 6. The fourth-order valence-electron chi connectivity index (χ4n) is 1.91. The molecule has 2 aromatic carbocycles. The van der Waals surface area contributed by atoms with Crippen molar-refractivity contribution in [3.8, 4) is 5.75 Å². The zero-order valence-corrected chi connectivity index (χ0v) is 13.6. The van der Waals surface area contributed by atoms with Crippen molar-refractivity contribution in [3.63, 3.8) is 0 Å². The van der Waals surface area contributed by atoms with Gasteiger partial charge in [-0.15, -0.1) is 0 Å². The quantitative estimate of drug-likeness (QED) is 0.646. The molecule has 2 aromatic rings. The van der Waals surface area contributed by atoms with Gasteiger partial charge in [-0.2, -0.15) is 0 Å². The number of anilines is 1. The van der Waals surface area contributed by atoms with E-state index in [1.165, 1.54) is 7.11 Å².